The lowest BCUT2D eigenvalue weighted by Gasteiger charge is -2.35. The highest BCUT2D eigenvalue weighted by Crippen LogP contribution is 2.26. The van der Waals surface area contributed by atoms with E-state index >= 15 is 0 Å². The summed E-state index contributed by atoms with van der Waals surface area (Å²) >= 11 is 0. The van der Waals surface area contributed by atoms with Gasteiger partial charge in [-0.2, -0.15) is 0 Å². The minimum absolute atomic E-state index is 0.114. The molecule has 0 aliphatic carbocycles. The number of amides is 1. The number of ether oxygens (including phenoxy) is 7. The molecular formula is C31H45NO17Si. The molecule has 19 heteroatoms. The number of esters is 5. The van der Waals surface area contributed by atoms with Gasteiger partial charge in [0.15, 0.2) is 0 Å². The highest BCUT2D eigenvalue weighted by Gasteiger charge is 2.41. The molecule has 0 aliphatic heterocycles. The lowest BCUT2D eigenvalue weighted by atomic mass is 9.90. The van der Waals surface area contributed by atoms with Crippen LogP contribution in [0.5, 0.6) is 0 Å². The van der Waals surface area contributed by atoms with Gasteiger partial charge in [0, 0.05) is 58.2 Å². The number of carbonyl (C=O) groups is 7. The minimum atomic E-state index is -2.89. The van der Waals surface area contributed by atoms with Crippen molar-refractivity contribution in [2.45, 2.75) is 12.5 Å². The van der Waals surface area contributed by atoms with Crippen molar-refractivity contribution in [3.05, 3.63) is 50.6 Å². The van der Waals surface area contributed by atoms with E-state index in [0.29, 0.717) is 12.5 Å². The van der Waals surface area contributed by atoms with Gasteiger partial charge in [0.25, 0.3) is 0 Å². The summed E-state index contributed by atoms with van der Waals surface area (Å²) < 4.78 is 53.0. The fourth-order valence-corrected chi connectivity index (χ4v) is 5.42. The molecule has 0 aromatic rings. The highest BCUT2D eigenvalue weighted by molar-refractivity contribution is 6.60. The van der Waals surface area contributed by atoms with E-state index in [1.165, 1.54) is 21.3 Å². The Labute approximate surface area is 290 Å². The number of nitrogens with one attached hydrogen (secondary N) is 1. The van der Waals surface area contributed by atoms with Gasteiger partial charge in [0.2, 0.25) is 6.29 Å². The van der Waals surface area contributed by atoms with Crippen LogP contribution in [0.2, 0.25) is 6.04 Å². The molecule has 0 spiro atoms. The van der Waals surface area contributed by atoms with Gasteiger partial charge in [-0.1, -0.05) is 26.3 Å². The number of hydrogen-bond donors (Lipinski definition) is 1. The Morgan fingerprint density at radius 3 is 1.22 bits per heavy atom. The van der Waals surface area contributed by atoms with Crippen LogP contribution in [-0.2, 0) is 75.2 Å². The number of alkyl carbamates (subject to hydrolysis) is 1. The van der Waals surface area contributed by atoms with Crippen molar-refractivity contribution in [3.8, 4) is 0 Å². The third-order valence-corrected chi connectivity index (χ3v) is 9.39. The van der Waals surface area contributed by atoms with Gasteiger partial charge in [0.1, 0.15) is 39.6 Å². The maximum Gasteiger partial charge on any atom is 0.500 e. The third kappa shape index (κ3) is 17.6. The van der Waals surface area contributed by atoms with E-state index < -0.39 is 108 Å². The lowest BCUT2D eigenvalue weighted by Crippen LogP contribution is -2.47. The van der Waals surface area contributed by atoms with Gasteiger partial charge in [-0.15, -0.1) is 0 Å². The van der Waals surface area contributed by atoms with Crippen LogP contribution in [0.25, 0.3) is 0 Å². The molecule has 1 amide bonds. The Morgan fingerprint density at radius 1 is 0.560 bits per heavy atom. The fourth-order valence-electron chi connectivity index (χ4n) is 3.70. The largest absolute Gasteiger partial charge is 0.500 e. The average molecular weight is 732 g/mol. The van der Waals surface area contributed by atoms with Crippen LogP contribution in [0.4, 0.5) is 4.79 Å². The summed E-state index contributed by atoms with van der Waals surface area (Å²) in [6, 6.07) is 0.373. The van der Waals surface area contributed by atoms with Crippen molar-refractivity contribution in [2.24, 2.45) is 10.8 Å². The van der Waals surface area contributed by atoms with E-state index in [-0.39, 0.29) is 12.8 Å². The van der Waals surface area contributed by atoms with E-state index in [1.54, 1.807) is 0 Å². The van der Waals surface area contributed by atoms with Gasteiger partial charge in [-0.05, 0) is 6.42 Å². The van der Waals surface area contributed by atoms with Gasteiger partial charge < -0.3 is 51.8 Å². The van der Waals surface area contributed by atoms with E-state index in [4.69, 9.17) is 46.4 Å². The summed E-state index contributed by atoms with van der Waals surface area (Å²) in [6.45, 7) is 8.84. The first kappa shape index (κ1) is 45.3. The van der Waals surface area contributed by atoms with Crippen LogP contribution in [-0.4, -0.2) is 132 Å². The molecule has 0 aliphatic rings. The molecule has 0 saturated heterocycles. The second kappa shape index (κ2) is 24.4. The summed E-state index contributed by atoms with van der Waals surface area (Å²) in [5.74, 6) is -4.84. The predicted molar refractivity (Wildman–Crippen MR) is 173 cm³/mol. The first-order valence-electron chi connectivity index (χ1n) is 14.7. The summed E-state index contributed by atoms with van der Waals surface area (Å²) in [6.07, 6.45) is 2.80. The van der Waals surface area contributed by atoms with Crippen molar-refractivity contribution in [1.82, 2.24) is 5.32 Å². The Morgan fingerprint density at radius 2 is 0.900 bits per heavy atom. The zero-order chi connectivity index (χ0) is 38.1. The molecule has 0 bridgehead atoms. The van der Waals surface area contributed by atoms with Gasteiger partial charge >= 0.3 is 44.7 Å². The van der Waals surface area contributed by atoms with Crippen LogP contribution in [0, 0.1) is 10.8 Å². The van der Waals surface area contributed by atoms with Crippen LogP contribution < -0.4 is 5.32 Å². The standard InChI is InChI=1S/C31H45NO17Si/c1-8-24(34)44-18-30(19-45-25(35)9-2,22-48-28(38)15-33)16-43-17-31(20-46-26(36)10-3,21-47-27(37)11-4)23-49-29(39)32-13-12-14-50(40-5,41-6)42-7/h8-11,15H,1-4,12-14,16-23H2,5-7H3,(H,32,39). The molecule has 0 fully saturated rings. The Kier molecular flexibility index (Phi) is 22.1. The van der Waals surface area contributed by atoms with Gasteiger partial charge in [-0.3, -0.25) is 4.79 Å². The van der Waals surface area contributed by atoms with Crippen LogP contribution in [0.1, 0.15) is 6.42 Å². The Bertz CT molecular complexity index is 1110. The SMILES string of the molecule is C=CC(=O)OCC(COCC(COC(=O)C=C)(COC(=O)C=C)COC(=O)NCCC[Si](OC)(OC)OC)(COC(=O)C=C)COC(=O)C=O. The maximum absolute atomic E-state index is 12.7. The lowest BCUT2D eigenvalue weighted by molar-refractivity contribution is -0.169. The Hall–Kier alpha value is -4.69. The molecule has 0 saturated carbocycles. The van der Waals surface area contributed by atoms with Crippen molar-refractivity contribution < 1.29 is 80.0 Å². The van der Waals surface area contributed by atoms with E-state index in [9.17, 15) is 33.6 Å². The van der Waals surface area contributed by atoms with Crippen molar-refractivity contribution >= 4 is 51.0 Å². The zero-order valence-electron chi connectivity index (χ0n) is 28.4. The molecule has 0 heterocycles. The first-order valence-corrected chi connectivity index (χ1v) is 16.6. The van der Waals surface area contributed by atoms with Crippen LogP contribution in [0.3, 0.4) is 0 Å². The van der Waals surface area contributed by atoms with Gasteiger partial charge in [0.05, 0.1) is 24.0 Å². The molecule has 0 aromatic heterocycles. The van der Waals surface area contributed by atoms with Gasteiger partial charge in [-0.25, -0.2) is 28.8 Å². The monoisotopic (exact) mass is 731 g/mol. The number of rotatable bonds is 28. The van der Waals surface area contributed by atoms with Crippen molar-refractivity contribution in [1.29, 1.82) is 0 Å². The number of hydrogen-bond acceptors (Lipinski definition) is 17. The molecule has 0 rings (SSSR count). The summed E-state index contributed by atoms with van der Waals surface area (Å²) in [4.78, 5) is 83.3. The summed E-state index contributed by atoms with van der Waals surface area (Å²) in [7, 11) is 1.45. The first-order chi connectivity index (χ1) is 23.8. The van der Waals surface area contributed by atoms with Crippen molar-refractivity contribution in [3.63, 3.8) is 0 Å². The molecule has 0 radical (unpaired) electrons. The molecule has 0 unspecified atom stereocenters. The fraction of sp³-hybridized carbons (Fsp3) is 0.516. The number of carbonyl (C=O) groups excluding carboxylic acids is 7. The molecule has 50 heavy (non-hydrogen) atoms. The zero-order valence-corrected chi connectivity index (χ0v) is 29.4. The minimum Gasteiger partial charge on any atom is -0.462 e. The Balaban J connectivity index is 6.28. The molecule has 18 nitrogen and oxygen atoms in total. The van der Waals surface area contributed by atoms with Crippen LogP contribution in [0.15, 0.2) is 50.6 Å². The second-order valence-electron chi connectivity index (χ2n) is 10.4. The van der Waals surface area contributed by atoms with Crippen LogP contribution >= 0.6 is 0 Å². The normalized spacial score (nSPS) is 11.2. The van der Waals surface area contributed by atoms with E-state index in [2.05, 4.69) is 31.6 Å². The predicted octanol–water partition coefficient (Wildman–Crippen LogP) is 0.629. The summed E-state index contributed by atoms with van der Waals surface area (Å²) in [5, 5.41) is 2.55. The molecular weight excluding hydrogens is 686 g/mol. The smallest absolute Gasteiger partial charge is 0.462 e. The van der Waals surface area contributed by atoms with Crippen molar-refractivity contribution in [2.75, 3.05) is 80.7 Å². The highest BCUT2D eigenvalue weighted by atomic mass is 28.4. The topological polar surface area (TPSA) is 224 Å². The van der Waals surface area contributed by atoms with E-state index in [1.807, 2.05) is 0 Å². The molecule has 1 N–H and O–H groups in total. The third-order valence-electron chi connectivity index (χ3n) is 6.55. The second-order valence-corrected chi connectivity index (χ2v) is 13.5. The average Bonchev–Trinajstić information content (AvgIpc) is 3.14. The molecule has 0 aromatic carbocycles. The molecule has 280 valence electrons. The molecule has 0 atom stereocenters. The summed E-state index contributed by atoms with van der Waals surface area (Å²) in [5.41, 5.74) is -3.24. The quantitative estimate of drug-likeness (QED) is 0.0222. The van der Waals surface area contributed by atoms with E-state index in [0.717, 1.165) is 24.3 Å². The maximum atomic E-state index is 12.7. The number of aldehydes is 1.